The van der Waals surface area contributed by atoms with E-state index in [1.54, 1.807) is 29.4 Å². The normalized spacial score (nSPS) is 24.8. The molecule has 196 valence electrons. The number of rotatable bonds is 5. The summed E-state index contributed by atoms with van der Waals surface area (Å²) in [5.74, 6) is -0.543. The molecule has 12 nitrogen and oxygen atoms in total. The zero-order chi connectivity index (χ0) is 26.1. The van der Waals surface area contributed by atoms with Crippen LogP contribution in [0.2, 0.25) is 0 Å². The van der Waals surface area contributed by atoms with Gasteiger partial charge in [0.2, 0.25) is 5.91 Å². The molecule has 3 aliphatic heterocycles. The van der Waals surface area contributed by atoms with Crippen LogP contribution in [0.15, 0.2) is 29.4 Å². The van der Waals surface area contributed by atoms with Crippen LogP contribution in [-0.4, -0.2) is 87.2 Å². The first-order chi connectivity index (χ1) is 17.6. The molecule has 0 spiro atoms. The van der Waals surface area contributed by atoms with Gasteiger partial charge in [-0.25, -0.2) is 13.4 Å². The van der Waals surface area contributed by atoms with E-state index >= 15 is 0 Å². The van der Waals surface area contributed by atoms with E-state index in [1.165, 1.54) is 4.52 Å². The number of anilines is 1. The van der Waals surface area contributed by atoms with Gasteiger partial charge in [0.15, 0.2) is 21.1 Å². The molecule has 3 fully saturated rings. The molecule has 1 unspecified atom stereocenters. The smallest absolute Gasteiger partial charge is 0.248 e. The molecule has 2 bridgehead atoms. The third kappa shape index (κ3) is 3.79. The number of nitrogens with zero attached hydrogens (tertiary/aromatic N) is 5. The minimum Gasteiger partial charge on any atom is -0.387 e. The van der Waals surface area contributed by atoms with Crippen molar-refractivity contribution in [2.24, 2.45) is 0 Å². The molecule has 3 saturated heterocycles. The van der Waals surface area contributed by atoms with Gasteiger partial charge in [-0.05, 0) is 31.7 Å². The van der Waals surface area contributed by atoms with Crippen molar-refractivity contribution < 1.29 is 28.2 Å². The average molecular weight is 529 g/mol. The summed E-state index contributed by atoms with van der Waals surface area (Å²) in [6, 6.07) is 3.36. The van der Waals surface area contributed by atoms with E-state index in [0.717, 1.165) is 19.1 Å². The summed E-state index contributed by atoms with van der Waals surface area (Å²) in [4.78, 5) is 23.3. The molecule has 0 aliphatic carbocycles. The summed E-state index contributed by atoms with van der Waals surface area (Å²) in [7, 11) is -3.75. The summed E-state index contributed by atoms with van der Waals surface area (Å²) in [5, 5.41) is 24.2. The van der Waals surface area contributed by atoms with Crippen molar-refractivity contribution in [3.05, 3.63) is 35.9 Å². The van der Waals surface area contributed by atoms with E-state index in [9.17, 15) is 23.4 Å². The lowest BCUT2D eigenvalue weighted by molar-refractivity contribution is -0.186. The molecule has 6 heterocycles. The first-order valence-electron chi connectivity index (χ1n) is 12.2. The van der Waals surface area contributed by atoms with E-state index < -0.39 is 22.0 Å². The van der Waals surface area contributed by atoms with Crippen LogP contribution in [0.1, 0.15) is 43.0 Å². The molecule has 4 N–H and O–H groups in total. The highest BCUT2D eigenvalue weighted by Crippen LogP contribution is 2.45. The van der Waals surface area contributed by atoms with E-state index in [2.05, 4.69) is 10.1 Å². The van der Waals surface area contributed by atoms with Gasteiger partial charge in [0.1, 0.15) is 17.3 Å². The lowest BCUT2D eigenvalue weighted by Gasteiger charge is -2.39. The number of aromatic nitrogens is 4. The number of carbonyl (C=O) groups is 1. The molecule has 6 rings (SSSR count). The van der Waals surface area contributed by atoms with Gasteiger partial charge in [-0.3, -0.25) is 9.78 Å². The maximum Gasteiger partial charge on any atom is 0.248 e. The molecule has 0 aromatic carbocycles. The summed E-state index contributed by atoms with van der Waals surface area (Å²) in [5.41, 5.74) is 7.93. The molecule has 3 atom stereocenters. The fourth-order valence-corrected chi connectivity index (χ4v) is 7.10. The molecule has 3 aromatic heterocycles. The minimum atomic E-state index is -3.75. The Hall–Kier alpha value is -3.13. The number of sulfone groups is 1. The Morgan fingerprint density at radius 3 is 2.46 bits per heavy atom. The quantitative estimate of drug-likeness (QED) is 0.416. The SMILES string of the molecule is CS(=O)(=O)c1c(C2C[C@H]3CC[C@@H](C2)N3C(=O)CO)nc2c(-c3ccc(C4(O)COC4)nc3)cnn2c1N. The highest BCUT2D eigenvalue weighted by Gasteiger charge is 2.45. The Bertz CT molecular complexity index is 1490. The van der Waals surface area contributed by atoms with Crippen LogP contribution < -0.4 is 5.73 Å². The number of hydrogen-bond donors (Lipinski definition) is 3. The second kappa shape index (κ2) is 8.45. The standard InChI is InChI=1S/C24H28N6O6S/c1-37(34,35)21-20(14-6-15-3-4-16(7-14)29(15)19(32)10-31)28-23-17(9-27-30(23)22(21)25)13-2-5-18(26-8-13)24(33)11-36-12-24/h2,5,8-9,14-16,31,33H,3-4,6-7,10-12,25H2,1H3/t14?,15-,16+. The minimum absolute atomic E-state index is 0.0135. The average Bonchev–Trinajstić information content (AvgIpc) is 3.39. The molecule has 0 saturated carbocycles. The lowest BCUT2D eigenvalue weighted by atomic mass is 9.87. The van der Waals surface area contributed by atoms with Gasteiger partial charge in [0.05, 0.1) is 30.8 Å². The zero-order valence-corrected chi connectivity index (χ0v) is 21.1. The van der Waals surface area contributed by atoms with Gasteiger partial charge in [-0.1, -0.05) is 6.07 Å². The number of nitrogen functional groups attached to an aromatic ring is 1. The molecule has 3 aromatic rings. The number of amides is 1. The number of aliphatic hydroxyl groups excluding tert-OH is 1. The molecule has 0 radical (unpaired) electrons. The van der Waals surface area contributed by atoms with Crippen LogP contribution in [0.25, 0.3) is 16.8 Å². The van der Waals surface area contributed by atoms with Crippen LogP contribution >= 0.6 is 0 Å². The highest BCUT2D eigenvalue weighted by molar-refractivity contribution is 7.91. The second-order valence-corrected chi connectivity index (χ2v) is 12.2. The number of hydrogen-bond acceptors (Lipinski definition) is 10. The van der Waals surface area contributed by atoms with Crippen molar-refractivity contribution in [3.8, 4) is 11.1 Å². The third-order valence-electron chi connectivity index (χ3n) is 7.81. The molecule has 13 heteroatoms. The van der Waals surface area contributed by atoms with Crippen LogP contribution in [0.3, 0.4) is 0 Å². The van der Waals surface area contributed by atoms with Gasteiger partial charge >= 0.3 is 0 Å². The number of pyridine rings is 1. The van der Waals surface area contributed by atoms with Gasteiger partial charge < -0.3 is 25.6 Å². The summed E-state index contributed by atoms with van der Waals surface area (Å²) in [6.45, 7) is -0.160. The van der Waals surface area contributed by atoms with Crippen molar-refractivity contribution >= 4 is 27.2 Å². The van der Waals surface area contributed by atoms with Crippen molar-refractivity contribution in [1.82, 2.24) is 24.5 Å². The predicted molar refractivity (Wildman–Crippen MR) is 131 cm³/mol. The first kappa shape index (κ1) is 24.2. The van der Waals surface area contributed by atoms with Gasteiger partial charge in [0, 0.05) is 41.6 Å². The monoisotopic (exact) mass is 528 g/mol. The third-order valence-corrected chi connectivity index (χ3v) is 8.97. The Morgan fingerprint density at radius 1 is 1.22 bits per heavy atom. The van der Waals surface area contributed by atoms with E-state index in [1.807, 2.05) is 0 Å². The van der Waals surface area contributed by atoms with Crippen LogP contribution in [-0.2, 0) is 25.0 Å². The Morgan fingerprint density at radius 2 is 1.92 bits per heavy atom. The molecule has 3 aliphatic rings. The van der Waals surface area contributed by atoms with Crippen molar-refractivity contribution in [1.29, 1.82) is 0 Å². The highest BCUT2D eigenvalue weighted by atomic mass is 32.2. The largest absolute Gasteiger partial charge is 0.387 e. The summed E-state index contributed by atoms with van der Waals surface area (Å²) in [6.07, 6.45) is 6.96. The topological polar surface area (TPSA) is 173 Å². The van der Waals surface area contributed by atoms with Crippen molar-refractivity contribution in [2.45, 2.75) is 54.2 Å². The van der Waals surface area contributed by atoms with Crippen LogP contribution in [0.4, 0.5) is 5.82 Å². The fraction of sp³-hybridized carbons (Fsp3) is 0.500. The van der Waals surface area contributed by atoms with Crippen LogP contribution in [0.5, 0.6) is 0 Å². The van der Waals surface area contributed by atoms with E-state index in [-0.39, 0.29) is 47.8 Å². The lowest BCUT2D eigenvalue weighted by Crippen LogP contribution is -2.47. The van der Waals surface area contributed by atoms with Crippen molar-refractivity contribution in [3.63, 3.8) is 0 Å². The fourth-order valence-electron chi connectivity index (χ4n) is 6.04. The zero-order valence-electron chi connectivity index (χ0n) is 20.2. The molecular formula is C24H28N6O6S. The number of fused-ring (bicyclic) bond motifs is 3. The van der Waals surface area contributed by atoms with Crippen LogP contribution in [0, 0.1) is 0 Å². The molecule has 37 heavy (non-hydrogen) atoms. The van der Waals surface area contributed by atoms with Gasteiger partial charge in [-0.15, -0.1) is 0 Å². The number of carbonyl (C=O) groups excluding carboxylic acids is 1. The Kier molecular flexibility index (Phi) is 5.53. The predicted octanol–water partition coefficient (Wildman–Crippen LogP) is 0.224. The van der Waals surface area contributed by atoms with Gasteiger partial charge in [-0.2, -0.15) is 9.61 Å². The number of nitrogens with two attached hydrogens (primary N) is 1. The van der Waals surface area contributed by atoms with Gasteiger partial charge in [0.25, 0.3) is 0 Å². The Labute approximate surface area is 213 Å². The van der Waals surface area contributed by atoms with Crippen molar-refractivity contribution in [2.75, 3.05) is 31.8 Å². The number of piperidine rings is 1. The van der Waals surface area contributed by atoms with E-state index in [0.29, 0.717) is 41.0 Å². The summed E-state index contributed by atoms with van der Waals surface area (Å²) < 4.78 is 32.2. The van der Waals surface area contributed by atoms with E-state index in [4.69, 9.17) is 15.5 Å². The number of aliphatic hydroxyl groups is 2. The summed E-state index contributed by atoms with van der Waals surface area (Å²) >= 11 is 0. The molecule has 1 amide bonds. The maximum atomic E-state index is 12.9. The second-order valence-electron chi connectivity index (χ2n) is 10.2. The molecular weight excluding hydrogens is 500 g/mol. The first-order valence-corrected chi connectivity index (χ1v) is 14.1. The number of ether oxygens (including phenoxy) is 1. The maximum absolute atomic E-state index is 12.9. The Balaban J connectivity index is 1.44.